The molecule has 0 saturated carbocycles. The van der Waals surface area contributed by atoms with Crippen LogP contribution in [0.3, 0.4) is 0 Å². The third-order valence-electron chi connectivity index (χ3n) is 4.25. The fourth-order valence-corrected chi connectivity index (χ4v) is 3.69. The number of hydrogen-bond acceptors (Lipinski definition) is 3. The summed E-state index contributed by atoms with van der Waals surface area (Å²) in [7, 11) is 0. The van der Waals surface area contributed by atoms with Crippen molar-refractivity contribution in [2.24, 2.45) is 5.73 Å². The number of rotatable bonds is 10. The number of aliphatic hydroxyl groups excluding tert-OH is 1. The highest BCUT2D eigenvalue weighted by atomic mass is 32.1. The van der Waals surface area contributed by atoms with E-state index in [9.17, 15) is 5.11 Å². The highest BCUT2D eigenvalue weighted by molar-refractivity contribution is 7.11. The van der Waals surface area contributed by atoms with Crippen molar-refractivity contribution in [2.45, 2.75) is 57.4 Å². The van der Waals surface area contributed by atoms with Crippen LogP contribution in [-0.2, 0) is 19.3 Å². The fourth-order valence-electron chi connectivity index (χ4n) is 2.63. The predicted molar refractivity (Wildman–Crippen MR) is 100 cm³/mol. The number of aliphatic hydroxyl groups is 1. The van der Waals surface area contributed by atoms with Crippen LogP contribution in [0.15, 0.2) is 42.5 Å². The summed E-state index contributed by atoms with van der Waals surface area (Å²) >= 11 is 1.90. The molecule has 3 N–H and O–H groups in total. The van der Waals surface area contributed by atoms with E-state index in [2.05, 4.69) is 42.5 Å². The quantitative estimate of drug-likeness (QED) is 0.636. The van der Waals surface area contributed by atoms with Crippen LogP contribution in [0.25, 0.3) is 0 Å². The van der Waals surface area contributed by atoms with Crippen LogP contribution in [0.2, 0.25) is 0 Å². The number of nitrogens with two attached hydrogens (primary N) is 1. The first-order chi connectivity index (χ1) is 11.1. The summed E-state index contributed by atoms with van der Waals surface area (Å²) in [4.78, 5) is 2.86. The minimum absolute atomic E-state index is 0.0483. The largest absolute Gasteiger partial charge is 0.394 e. The number of hydrogen-bond donors (Lipinski definition) is 2. The van der Waals surface area contributed by atoms with Crippen molar-refractivity contribution in [1.82, 2.24) is 0 Å². The molecule has 1 atom stereocenters. The molecule has 0 radical (unpaired) electrons. The zero-order valence-electron chi connectivity index (χ0n) is 14.1. The molecule has 23 heavy (non-hydrogen) atoms. The molecule has 3 heteroatoms. The van der Waals surface area contributed by atoms with E-state index in [4.69, 9.17) is 5.73 Å². The fraction of sp³-hybridized carbons (Fsp3) is 0.500. The van der Waals surface area contributed by atoms with Crippen LogP contribution in [0.5, 0.6) is 0 Å². The highest BCUT2D eigenvalue weighted by Crippen LogP contribution is 2.22. The van der Waals surface area contributed by atoms with E-state index in [0.717, 1.165) is 12.8 Å². The first-order valence-corrected chi connectivity index (χ1v) is 9.42. The molecule has 0 bridgehead atoms. The molecule has 0 aliphatic carbocycles. The number of benzene rings is 1. The molecule has 0 saturated heterocycles. The average Bonchev–Trinajstić information content (AvgIpc) is 3.02. The standard InChI is InChI=1S/C20H29NOS/c1-20(21,16-22)15-14-19-13-12-18(23-19)11-7-3-6-10-17-8-4-2-5-9-17/h2,4-5,8-9,12-13,22H,3,6-7,10-11,14-16,21H2,1H3. The van der Waals surface area contributed by atoms with Crippen LogP contribution >= 0.6 is 11.3 Å². The zero-order chi connectivity index (χ0) is 16.5. The summed E-state index contributed by atoms with van der Waals surface area (Å²) in [6, 6.07) is 15.2. The lowest BCUT2D eigenvalue weighted by atomic mass is 9.98. The molecular formula is C20H29NOS. The van der Waals surface area contributed by atoms with E-state index < -0.39 is 5.54 Å². The molecule has 2 aromatic rings. The second-order valence-corrected chi connectivity index (χ2v) is 7.98. The molecule has 1 heterocycles. The van der Waals surface area contributed by atoms with Crippen LogP contribution in [0.1, 0.15) is 47.9 Å². The normalized spacial score (nSPS) is 13.9. The van der Waals surface area contributed by atoms with Crippen molar-refractivity contribution in [1.29, 1.82) is 0 Å². The van der Waals surface area contributed by atoms with Gasteiger partial charge in [-0.05, 0) is 63.1 Å². The molecular weight excluding hydrogens is 302 g/mol. The molecule has 0 amide bonds. The summed E-state index contributed by atoms with van der Waals surface area (Å²) in [5.41, 5.74) is 6.97. The topological polar surface area (TPSA) is 46.2 Å². The smallest absolute Gasteiger partial charge is 0.0608 e. The van der Waals surface area contributed by atoms with Gasteiger partial charge in [-0.2, -0.15) is 0 Å². The maximum Gasteiger partial charge on any atom is 0.0608 e. The van der Waals surface area contributed by atoms with Crippen LogP contribution < -0.4 is 5.73 Å². The molecule has 0 fully saturated rings. The lowest BCUT2D eigenvalue weighted by Gasteiger charge is -2.20. The molecule has 1 aromatic heterocycles. The Morgan fingerprint density at radius 2 is 1.57 bits per heavy atom. The van der Waals surface area contributed by atoms with E-state index in [1.165, 1.54) is 47.4 Å². The summed E-state index contributed by atoms with van der Waals surface area (Å²) in [5.74, 6) is 0. The second-order valence-electron chi connectivity index (χ2n) is 6.73. The van der Waals surface area contributed by atoms with Gasteiger partial charge in [0.25, 0.3) is 0 Å². The minimum atomic E-state index is -0.457. The van der Waals surface area contributed by atoms with E-state index in [1.54, 1.807) is 0 Å². The average molecular weight is 332 g/mol. The SMILES string of the molecule is CC(N)(CO)CCc1ccc(CCCCCc2ccccc2)s1. The minimum Gasteiger partial charge on any atom is -0.394 e. The van der Waals surface area contributed by atoms with Gasteiger partial charge in [-0.3, -0.25) is 0 Å². The molecule has 2 rings (SSSR count). The van der Waals surface area contributed by atoms with E-state index >= 15 is 0 Å². The Labute approximate surface area is 144 Å². The first-order valence-electron chi connectivity index (χ1n) is 8.60. The van der Waals surface area contributed by atoms with E-state index in [0.29, 0.717) is 0 Å². The maximum atomic E-state index is 9.20. The Hall–Kier alpha value is -1.16. The van der Waals surface area contributed by atoms with Crippen LogP contribution in [0.4, 0.5) is 0 Å². The van der Waals surface area contributed by atoms with Crippen molar-refractivity contribution in [2.75, 3.05) is 6.61 Å². The van der Waals surface area contributed by atoms with Gasteiger partial charge in [0.2, 0.25) is 0 Å². The number of thiophene rings is 1. The van der Waals surface area contributed by atoms with Gasteiger partial charge in [-0.25, -0.2) is 0 Å². The van der Waals surface area contributed by atoms with Gasteiger partial charge in [0.1, 0.15) is 0 Å². The van der Waals surface area contributed by atoms with E-state index in [-0.39, 0.29) is 6.61 Å². The van der Waals surface area contributed by atoms with Gasteiger partial charge < -0.3 is 10.8 Å². The molecule has 1 unspecified atom stereocenters. The van der Waals surface area contributed by atoms with Gasteiger partial charge >= 0.3 is 0 Å². The van der Waals surface area contributed by atoms with Gasteiger partial charge in [0, 0.05) is 15.3 Å². The Morgan fingerprint density at radius 1 is 0.913 bits per heavy atom. The number of aryl methyl sites for hydroxylation is 3. The summed E-state index contributed by atoms with van der Waals surface area (Å²) < 4.78 is 0. The molecule has 0 aliphatic heterocycles. The van der Waals surface area contributed by atoms with Crippen LogP contribution in [-0.4, -0.2) is 17.3 Å². The lowest BCUT2D eigenvalue weighted by molar-refractivity contribution is 0.201. The third-order valence-corrected chi connectivity index (χ3v) is 5.46. The summed E-state index contributed by atoms with van der Waals surface area (Å²) in [6.45, 7) is 1.96. The molecule has 0 aliphatic rings. The van der Waals surface area contributed by atoms with Crippen LogP contribution in [0, 0.1) is 0 Å². The van der Waals surface area contributed by atoms with Crippen molar-refractivity contribution in [3.8, 4) is 0 Å². The van der Waals surface area contributed by atoms with Crippen molar-refractivity contribution >= 4 is 11.3 Å². The third kappa shape index (κ3) is 6.86. The van der Waals surface area contributed by atoms with Crippen molar-refractivity contribution in [3.63, 3.8) is 0 Å². The van der Waals surface area contributed by atoms with E-state index in [1.807, 2.05) is 18.3 Å². The Kier molecular flexibility index (Phi) is 7.28. The second kappa shape index (κ2) is 9.21. The van der Waals surface area contributed by atoms with Crippen molar-refractivity contribution < 1.29 is 5.11 Å². The summed E-state index contributed by atoms with van der Waals surface area (Å²) in [5, 5.41) is 9.20. The zero-order valence-corrected chi connectivity index (χ0v) is 14.9. The Balaban J connectivity index is 1.63. The molecule has 126 valence electrons. The Bertz CT molecular complexity index is 562. The number of unbranched alkanes of at least 4 members (excludes halogenated alkanes) is 2. The van der Waals surface area contributed by atoms with Gasteiger partial charge in [0.05, 0.1) is 6.61 Å². The molecule has 1 aromatic carbocycles. The van der Waals surface area contributed by atoms with Gasteiger partial charge in [-0.15, -0.1) is 11.3 Å². The maximum absolute atomic E-state index is 9.20. The van der Waals surface area contributed by atoms with Crippen molar-refractivity contribution in [3.05, 3.63) is 57.8 Å². The predicted octanol–water partition coefficient (Wildman–Crippen LogP) is 4.35. The van der Waals surface area contributed by atoms with Gasteiger partial charge in [-0.1, -0.05) is 36.8 Å². The highest BCUT2D eigenvalue weighted by Gasteiger charge is 2.16. The monoisotopic (exact) mass is 331 g/mol. The lowest BCUT2D eigenvalue weighted by Crippen LogP contribution is -2.40. The summed E-state index contributed by atoms with van der Waals surface area (Å²) in [6.07, 6.45) is 7.98. The Morgan fingerprint density at radius 3 is 2.26 bits per heavy atom. The molecule has 0 spiro atoms. The molecule has 2 nitrogen and oxygen atoms in total. The first kappa shape index (κ1) is 18.2. The van der Waals surface area contributed by atoms with Gasteiger partial charge in [0.15, 0.2) is 0 Å².